The molecule has 2 aromatic rings. The second-order valence-corrected chi connectivity index (χ2v) is 5.71. The average molecular weight is 279 g/mol. The molecular weight excluding hydrogens is 262 g/mol. The quantitative estimate of drug-likeness (QED) is 0.904. The minimum atomic E-state index is -1.06. The Balaban J connectivity index is 2.03. The summed E-state index contributed by atoms with van der Waals surface area (Å²) in [6.07, 6.45) is 0. The summed E-state index contributed by atoms with van der Waals surface area (Å²) >= 11 is 1.46. The molecular formula is C14H17NO3S. The van der Waals surface area contributed by atoms with E-state index in [4.69, 9.17) is 4.42 Å². The Labute approximate surface area is 116 Å². The van der Waals surface area contributed by atoms with E-state index in [1.807, 2.05) is 17.5 Å². The molecule has 0 aliphatic rings. The van der Waals surface area contributed by atoms with Crippen molar-refractivity contribution in [1.29, 1.82) is 0 Å². The first kappa shape index (κ1) is 13.8. The maximum Gasteiger partial charge on any atom is 0.254 e. The normalized spacial score (nSPS) is 14.1. The largest absolute Gasteiger partial charge is 0.466 e. The van der Waals surface area contributed by atoms with Crippen LogP contribution in [0.5, 0.6) is 0 Å². The van der Waals surface area contributed by atoms with Gasteiger partial charge in [0, 0.05) is 4.88 Å². The van der Waals surface area contributed by atoms with E-state index >= 15 is 0 Å². The number of carbonyl (C=O) groups excluding carboxylic acids is 1. The highest BCUT2D eigenvalue weighted by atomic mass is 32.1. The molecule has 4 nitrogen and oxygen atoms in total. The van der Waals surface area contributed by atoms with Crippen molar-refractivity contribution < 1.29 is 14.3 Å². The zero-order valence-corrected chi connectivity index (χ0v) is 12.0. The minimum Gasteiger partial charge on any atom is -0.466 e. The third-order valence-corrected chi connectivity index (χ3v) is 4.05. The molecule has 0 fully saturated rings. The van der Waals surface area contributed by atoms with E-state index in [-0.39, 0.29) is 12.5 Å². The van der Waals surface area contributed by atoms with Gasteiger partial charge in [-0.1, -0.05) is 6.07 Å². The van der Waals surface area contributed by atoms with E-state index in [0.29, 0.717) is 17.1 Å². The molecule has 1 unspecified atom stereocenters. The molecule has 2 aromatic heterocycles. The van der Waals surface area contributed by atoms with Crippen LogP contribution < -0.4 is 5.32 Å². The number of thiophene rings is 1. The van der Waals surface area contributed by atoms with E-state index in [1.165, 1.54) is 11.3 Å². The van der Waals surface area contributed by atoms with Gasteiger partial charge in [0.1, 0.15) is 17.1 Å². The lowest BCUT2D eigenvalue weighted by Crippen LogP contribution is -2.38. The maximum atomic E-state index is 12.0. The molecule has 0 bridgehead atoms. The van der Waals surface area contributed by atoms with Gasteiger partial charge in [-0.25, -0.2) is 0 Å². The summed E-state index contributed by atoms with van der Waals surface area (Å²) in [7, 11) is 0. The molecule has 19 heavy (non-hydrogen) atoms. The minimum absolute atomic E-state index is 0.163. The molecule has 0 radical (unpaired) electrons. The van der Waals surface area contributed by atoms with E-state index in [2.05, 4.69) is 5.32 Å². The molecule has 2 N–H and O–H groups in total. The molecule has 2 heterocycles. The number of hydrogen-bond acceptors (Lipinski definition) is 4. The predicted molar refractivity (Wildman–Crippen MR) is 74.4 cm³/mol. The summed E-state index contributed by atoms with van der Waals surface area (Å²) in [5.41, 5.74) is -0.546. The van der Waals surface area contributed by atoms with Crippen LogP contribution in [0.15, 0.2) is 28.0 Å². The Bertz CT molecular complexity index is 570. The first-order valence-electron chi connectivity index (χ1n) is 6.02. The number of nitrogens with one attached hydrogen (secondary N) is 1. The topological polar surface area (TPSA) is 62.5 Å². The monoisotopic (exact) mass is 279 g/mol. The second kappa shape index (κ2) is 5.19. The summed E-state index contributed by atoms with van der Waals surface area (Å²) in [5, 5.41) is 15.0. The highest BCUT2D eigenvalue weighted by molar-refractivity contribution is 7.10. The lowest BCUT2D eigenvalue weighted by atomic mass is 10.1. The van der Waals surface area contributed by atoms with Crippen LogP contribution in [0.3, 0.4) is 0 Å². The van der Waals surface area contributed by atoms with Gasteiger partial charge in [-0.15, -0.1) is 11.3 Å². The molecule has 0 spiro atoms. The first-order chi connectivity index (χ1) is 8.90. The predicted octanol–water partition coefficient (Wildman–Crippen LogP) is 2.60. The van der Waals surface area contributed by atoms with Crippen LogP contribution in [0.1, 0.15) is 33.7 Å². The zero-order chi connectivity index (χ0) is 14.0. The molecule has 0 saturated carbocycles. The van der Waals surface area contributed by atoms with Crippen molar-refractivity contribution in [1.82, 2.24) is 5.32 Å². The fourth-order valence-corrected chi connectivity index (χ4v) is 2.66. The van der Waals surface area contributed by atoms with Gasteiger partial charge < -0.3 is 14.8 Å². The van der Waals surface area contributed by atoms with Crippen LogP contribution >= 0.6 is 11.3 Å². The molecule has 5 heteroatoms. The molecule has 0 aromatic carbocycles. The number of aliphatic hydroxyl groups is 1. The van der Waals surface area contributed by atoms with E-state index in [1.54, 1.807) is 26.8 Å². The van der Waals surface area contributed by atoms with Crippen LogP contribution in [0, 0.1) is 13.8 Å². The van der Waals surface area contributed by atoms with Crippen molar-refractivity contribution in [2.24, 2.45) is 0 Å². The number of carbonyl (C=O) groups is 1. The summed E-state index contributed by atoms with van der Waals surface area (Å²) < 4.78 is 5.32. The van der Waals surface area contributed by atoms with Crippen molar-refractivity contribution in [2.45, 2.75) is 26.4 Å². The number of amides is 1. The SMILES string of the molecule is Cc1cc(C(=O)NCC(C)(O)c2cccs2)c(C)o1. The van der Waals surface area contributed by atoms with E-state index < -0.39 is 5.60 Å². The Morgan fingerprint density at radius 2 is 2.26 bits per heavy atom. The molecule has 1 atom stereocenters. The van der Waals surface area contributed by atoms with Gasteiger partial charge in [0.2, 0.25) is 0 Å². The smallest absolute Gasteiger partial charge is 0.254 e. The Morgan fingerprint density at radius 1 is 1.53 bits per heavy atom. The van der Waals surface area contributed by atoms with Gasteiger partial charge in [0.05, 0.1) is 12.1 Å². The van der Waals surface area contributed by atoms with Gasteiger partial charge in [0.15, 0.2) is 0 Å². The van der Waals surface area contributed by atoms with Gasteiger partial charge in [-0.2, -0.15) is 0 Å². The lowest BCUT2D eigenvalue weighted by molar-refractivity contribution is 0.0556. The van der Waals surface area contributed by atoms with Crippen molar-refractivity contribution in [3.05, 3.63) is 45.5 Å². The van der Waals surface area contributed by atoms with Gasteiger partial charge in [0.25, 0.3) is 5.91 Å². The standard InChI is InChI=1S/C14H17NO3S/c1-9-7-11(10(2)18-9)13(16)15-8-14(3,17)12-5-4-6-19-12/h4-7,17H,8H2,1-3H3,(H,15,16). The van der Waals surface area contributed by atoms with Gasteiger partial charge in [-0.05, 0) is 38.3 Å². The highest BCUT2D eigenvalue weighted by Crippen LogP contribution is 2.24. The first-order valence-corrected chi connectivity index (χ1v) is 6.90. The molecule has 102 valence electrons. The summed E-state index contributed by atoms with van der Waals surface area (Å²) in [6, 6.07) is 5.43. The van der Waals surface area contributed by atoms with Crippen molar-refractivity contribution in [2.75, 3.05) is 6.54 Å². The molecule has 0 aliphatic carbocycles. The van der Waals surface area contributed by atoms with Crippen LogP contribution in [-0.2, 0) is 5.60 Å². The number of rotatable bonds is 4. The zero-order valence-electron chi connectivity index (χ0n) is 11.2. The van der Waals surface area contributed by atoms with E-state index in [0.717, 1.165) is 4.88 Å². The summed E-state index contributed by atoms with van der Waals surface area (Å²) in [5.74, 6) is 1.06. The van der Waals surface area contributed by atoms with Crippen LogP contribution in [0.4, 0.5) is 0 Å². The third-order valence-electron chi connectivity index (χ3n) is 2.93. The molecule has 0 aliphatic heterocycles. The van der Waals surface area contributed by atoms with Gasteiger partial charge in [-0.3, -0.25) is 4.79 Å². The molecule has 2 rings (SSSR count). The maximum absolute atomic E-state index is 12.0. The average Bonchev–Trinajstić information content (AvgIpc) is 2.96. The molecule has 1 amide bonds. The van der Waals surface area contributed by atoms with Crippen LogP contribution in [-0.4, -0.2) is 17.6 Å². The van der Waals surface area contributed by atoms with E-state index in [9.17, 15) is 9.90 Å². The summed E-state index contributed by atoms with van der Waals surface area (Å²) in [4.78, 5) is 12.8. The van der Waals surface area contributed by atoms with Crippen molar-refractivity contribution in [3.63, 3.8) is 0 Å². The van der Waals surface area contributed by atoms with Crippen LogP contribution in [0.2, 0.25) is 0 Å². The van der Waals surface area contributed by atoms with Crippen molar-refractivity contribution >= 4 is 17.2 Å². The summed E-state index contributed by atoms with van der Waals surface area (Å²) in [6.45, 7) is 5.40. The fourth-order valence-electron chi connectivity index (χ4n) is 1.88. The number of aryl methyl sites for hydroxylation is 2. The number of furan rings is 1. The Kier molecular flexibility index (Phi) is 3.78. The fraction of sp³-hybridized carbons (Fsp3) is 0.357. The molecule has 0 saturated heterocycles. The number of hydrogen-bond donors (Lipinski definition) is 2. The van der Waals surface area contributed by atoms with Crippen molar-refractivity contribution in [3.8, 4) is 0 Å². The van der Waals surface area contributed by atoms with Crippen LogP contribution in [0.25, 0.3) is 0 Å². The second-order valence-electron chi connectivity index (χ2n) is 4.76. The third kappa shape index (κ3) is 3.05. The Morgan fingerprint density at radius 3 is 2.79 bits per heavy atom. The highest BCUT2D eigenvalue weighted by Gasteiger charge is 2.25. The Hall–Kier alpha value is -1.59. The van der Waals surface area contributed by atoms with Gasteiger partial charge >= 0.3 is 0 Å². The lowest BCUT2D eigenvalue weighted by Gasteiger charge is -2.22.